The van der Waals surface area contributed by atoms with E-state index < -0.39 is 0 Å². The minimum Gasteiger partial charge on any atom is -0.369 e. The Hall–Kier alpha value is -2.08. The average molecular weight is 364 g/mol. The van der Waals surface area contributed by atoms with Crippen LogP contribution < -0.4 is 5.73 Å². The molecule has 2 aliphatic heterocycles. The third kappa shape index (κ3) is 3.95. The first kappa shape index (κ1) is 17.7. The van der Waals surface area contributed by atoms with Gasteiger partial charge in [0.1, 0.15) is 0 Å². The van der Waals surface area contributed by atoms with E-state index in [0.29, 0.717) is 44.0 Å². The van der Waals surface area contributed by atoms with Gasteiger partial charge in [0.2, 0.25) is 17.7 Å². The van der Waals surface area contributed by atoms with Gasteiger partial charge in [-0.15, -0.1) is 0 Å². The standard InChI is InChI=1S/C18H22ClN3O3/c19-15-4-2-1-3-13(15)10-22-11-14(9-16(22)23)18(25)21-7-5-12(6-8-21)17(20)24/h1-4,12,14H,5-11H2,(H2,20,24)/t14-/m1/s1. The van der Waals surface area contributed by atoms with Crippen molar-refractivity contribution in [3.05, 3.63) is 34.9 Å². The fourth-order valence-corrected chi connectivity index (χ4v) is 3.76. The quantitative estimate of drug-likeness (QED) is 0.877. The number of likely N-dealkylation sites (tertiary alicyclic amines) is 2. The maximum atomic E-state index is 12.7. The van der Waals surface area contributed by atoms with Gasteiger partial charge < -0.3 is 15.5 Å². The summed E-state index contributed by atoms with van der Waals surface area (Å²) in [5.74, 6) is -0.789. The number of hydrogen-bond donors (Lipinski definition) is 1. The van der Waals surface area contributed by atoms with Crippen LogP contribution in [0.15, 0.2) is 24.3 Å². The Morgan fingerprint density at radius 2 is 1.84 bits per heavy atom. The van der Waals surface area contributed by atoms with Gasteiger partial charge in [0, 0.05) is 43.5 Å². The van der Waals surface area contributed by atoms with Crippen LogP contribution in [-0.2, 0) is 20.9 Å². The number of hydrogen-bond acceptors (Lipinski definition) is 3. The van der Waals surface area contributed by atoms with Gasteiger partial charge in [0.15, 0.2) is 0 Å². The minimum atomic E-state index is -0.319. The molecule has 1 atom stereocenters. The second-order valence-electron chi connectivity index (χ2n) is 6.77. The van der Waals surface area contributed by atoms with Crippen LogP contribution in [0.4, 0.5) is 0 Å². The average Bonchev–Trinajstić information content (AvgIpc) is 2.97. The van der Waals surface area contributed by atoms with Crippen LogP contribution in [-0.4, -0.2) is 47.2 Å². The summed E-state index contributed by atoms with van der Waals surface area (Å²) >= 11 is 6.16. The number of amides is 3. The first-order chi connectivity index (χ1) is 12.0. The molecule has 0 unspecified atom stereocenters. The molecule has 0 aliphatic carbocycles. The summed E-state index contributed by atoms with van der Waals surface area (Å²) in [4.78, 5) is 39.7. The van der Waals surface area contributed by atoms with Crippen LogP contribution in [0.3, 0.4) is 0 Å². The van der Waals surface area contributed by atoms with Crippen LogP contribution in [0.5, 0.6) is 0 Å². The van der Waals surface area contributed by atoms with E-state index in [0.717, 1.165) is 5.56 Å². The van der Waals surface area contributed by atoms with Crippen LogP contribution in [0, 0.1) is 11.8 Å². The van der Waals surface area contributed by atoms with Gasteiger partial charge in [0.25, 0.3) is 0 Å². The Labute approximate surface area is 151 Å². The zero-order valence-corrected chi connectivity index (χ0v) is 14.7. The van der Waals surface area contributed by atoms with Crippen molar-refractivity contribution in [2.45, 2.75) is 25.8 Å². The second kappa shape index (κ2) is 7.44. The summed E-state index contributed by atoms with van der Waals surface area (Å²) in [5, 5.41) is 0.624. The predicted molar refractivity (Wildman–Crippen MR) is 93.5 cm³/mol. The van der Waals surface area contributed by atoms with E-state index >= 15 is 0 Å². The van der Waals surface area contributed by atoms with E-state index in [1.807, 2.05) is 18.2 Å². The number of piperidine rings is 1. The Bertz CT molecular complexity index is 686. The highest BCUT2D eigenvalue weighted by Gasteiger charge is 2.37. The first-order valence-corrected chi connectivity index (χ1v) is 8.92. The van der Waals surface area contributed by atoms with Crippen LogP contribution in [0.2, 0.25) is 5.02 Å². The minimum absolute atomic E-state index is 0.00192. The number of rotatable bonds is 4. The number of carbonyl (C=O) groups excluding carboxylic acids is 3. The molecule has 0 aromatic heterocycles. The third-order valence-electron chi connectivity index (χ3n) is 5.09. The summed E-state index contributed by atoms with van der Waals surface area (Å²) in [6.45, 7) is 1.90. The largest absolute Gasteiger partial charge is 0.369 e. The molecule has 0 radical (unpaired) electrons. The predicted octanol–water partition coefficient (Wildman–Crippen LogP) is 1.41. The molecule has 2 N–H and O–H groups in total. The molecule has 0 bridgehead atoms. The van der Waals surface area contributed by atoms with Crippen molar-refractivity contribution in [3.8, 4) is 0 Å². The van der Waals surface area contributed by atoms with Crippen molar-refractivity contribution in [1.29, 1.82) is 0 Å². The fourth-order valence-electron chi connectivity index (χ4n) is 3.57. The summed E-state index contributed by atoms with van der Waals surface area (Å²) in [6.07, 6.45) is 1.44. The molecule has 2 fully saturated rings. The van der Waals surface area contributed by atoms with E-state index in [-0.39, 0.29) is 36.0 Å². The lowest BCUT2D eigenvalue weighted by Gasteiger charge is -2.32. The van der Waals surface area contributed by atoms with Crippen molar-refractivity contribution in [3.63, 3.8) is 0 Å². The molecule has 1 aromatic carbocycles. The Morgan fingerprint density at radius 1 is 1.16 bits per heavy atom. The summed E-state index contributed by atoms with van der Waals surface area (Å²) < 4.78 is 0. The number of nitrogens with two attached hydrogens (primary N) is 1. The Balaban J connectivity index is 1.58. The highest BCUT2D eigenvalue weighted by Crippen LogP contribution is 2.26. The Morgan fingerprint density at radius 3 is 2.48 bits per heavy atom. The van der Waals surface area contributed by atoms with Crippen molar-refractivity contribution in [1.82, 2.24) is 9.80 Å². The molecule has 3 amide bonds. The van der Waals surface area contributed by atoms with Gasteiger partial charge in [-0.05, 0) is 24.5 Å². The maximum Gasteiger partial charge on any atom is 0.227 e. The Kier molecular flexibility index (Phi) is 5.27. The van der Waals surface area contributed by atoms with Gasteiger partial charge in [-0.2, -0.15) is 0 Å². The van der Waals surface area contributed by atoms with Crippen LogP contribution >= 0.6 is 11.6 Å². The molecule has 7 heteroatoms. The monoisotopic (exact) mass is 363 g/mol. The highest BCUT2D eigenvalue weighted by atomic mass is 35.5. The number of halogens is 1. The van der Waals surface area contributed by atoms with Crippen LogP contribution in [0.1, 0.15) is 24.8 Å². The van der Waals surface area contributed by atoms with Gasteiger partial charge >= 0.3 is 0 Å². The van der Waals surface area contributed by atoms with Crippen molar-refractivity contribution in [2.75, 3.05) is 19.6 Å². The number of nitrogens with zero attached hydrogens (tertiary/aromatic N) is 2. The summed E-state index contributed by atoms with van der Waals surface area (Å²) in [7, 11) is 0. The second-order valence-corrected chi connectivity index (χ2v) is 7.18. The molecule has 2 aliphatic rings. The molecule has 134 valence electrons. The topological polar surface area (TPSA) is 83.7 Å². The van der Waals surface area contributed by atoms with E-state index in [4.69, 9.17) is 17.3 Å². The zero-order valence-electron chi connectivity index (χ0n) is 14.0. The molecule has 6 nitrogen and oxygen atoms in total. The number of primary amides is 1. The van der Waals surface area contributed by atoms with Gasteiger partial charge in [-0.1, -0.05) is 29.8 Å². The molecule has 0 spiro atoms. The molecular weight excluding hydrogens is 342 g/mol. The van der Waals surface area contributed by atoms with E-state index in [9.17, 15) is 14.4 Å². The smallest absolute Gasteiger partial charge is 0.227 e. The SMILES string of the molecule is NC(=O)C1CCN(C(=O)[C@@H]2CC(=O)N(Cc3ccccc3Cl)C2)CC1. The van der Waals surface area contributed by atoms with Crippen molar-refractivity contribution >= 4 is 29.3 Å². The lowest BCUT2D eigenvalue weighted by atomic mass is 9.95. The molecule has 3 rings (SSSR count). The fraction of sp³-hybridized carbons (Fsp3) is 0.500. The number of benzene rings is 1. The van der Waals surface area contributed by atoms with Gasteiger partial charge in [0.05, 0.1) is 5.92 Å². The molecule has 1 aromatic rings. The molecule has 25 heavy (non-hydrogen) atoms. The van der Waals surface area contributed by atoms with Crippen LogP contribution in [0.25, 0.3) is 0 Å². The summed E-state index contributed by atoms with van der Waals surface area (Å²) in [5.41, 5.74) is 6.21. The van der Waals surface area contributed by atoms with Crippen molar-refractivity contribution < 1.29 is 14.4 Å². The molecule has 0 saturated carbocycles. The lowest BCUT2D eigenvalue weighted by molar-refractivity contribution is -0.138. The highest BCUT2D eigenvalue weighted by molar-refractivity contribution is 6.31. The molecular formula is C18H22ClN3O3. The number of carbonyl (C=O) groups is 3. The molecule has 2 heterocycles. The molecule has 2 saturated heterocycles. The van der Waals surface area contributed by atoms with E-state index in [2.05, 4.69) is 0 Å². The zero-order chi connectivity index (χ0) is 18.0. The normalized spacial score (nSPS) is 21.6. The van der Waals surface area contributed by atoms with Gasteiger partial charge in [-0.25, -0.2) is 0 Å². The lowest BCUT2D eigenvalue weighted by Crippen LogP contribution is -2.44. The maximum absolute atomic E-state index is 12.7. The van der Waals surface area contributed by atoms with Crippen molar-refractivity contribution in [2.24, 2.45) is 17.6 Å². The van der Waals surface area contributed by atoms with E-state index in [1.165, 1.54) is 0 Å². The van der Waals surface area contributed by atoms with E-state index in [1.54, 1.807) is 15.9 Å². The summed E-state index contributed by atoms with van der Waals surface area (Å²) in [6, 6.07) is 7.41. The van der Waals surface area contributed by atoms with Gasteiger partial charge in [-0.3, -0.25) is 14.4 Å². The first-order valence-electron chi connectivity index (χ1n) is 8.55. The third-order valence-corrected chi connectivity index (χ3v) is 5.46.